The highest BCUT2D eigenvalue weighted by atomic mass is 16.2. The smallest absolute Gasteiger partial charge is 0.297 e. The molecular formula is C25H25N3O2. The standard InChI is InChI=1S/C25H25N3O2/c1-2-3-17-27-23(29)25(21-12-6-4-7-13-21,22-14-8-5-9-15-22)28(24(27)30)19-20-11-10-16-26-18-20/h4-16,18H,2-3,17,19H2,1H3. The van der Waals surface area contributed by atoms with Gasteiger partial charge in [0.25, 0.3) is 5.91 Å². The van der Waals surface area contributed by atoms with E-state index in [-0.39, 0.29) is 11.9 Å². The summed E-state index contributed by atoms with van der Waals surface area (Å²) in [5, 5.41) is 0. The number of carbonyl (C=O) groups excluding carboxylic acids is 2. The third kappa shape index (κ3) is 3.26. The minimum Gasteiger partial charge on any atom is -0.297 e. The first kappa shape index (κ1) is 19.8. The summed E-state index contributed by atoms with van der Waals surface area (Å²) in [5.74, 6) is -0.192. The van der Waals surface area contributed by atoms with Crippen LogP contribution < -0.4 is 0 Å². The second kappa shape index (κ2) is 8.49. The molecule has 0 unspecified atom stereocenters. The first-order valence-electron chi connectivity index (χ1n) is 10.3. The highest BCUT2D eigenvalue weighted by molar-refractivity contribution is 6.09. The summed E-state index contributed by atoms with van der Waals surface area (Å²) in [7, 11) is 0. The third-order valence-electron chi connectivity index (χ3n) is 5.60. The van der Waals surface area contributed by atoms with E-state index in [0.29, 0.717) is 13.1 Å². The molecule has 0 radical (unpaired) electrons. The minimum atomic E-state index is -1.21. The number of rotatable bonds is 7. The molecule has 0 atom stereocenters. The van der Waals surface area contributed by atoms with Crippen LogP contribution in [0, 0.1) is 0 Å². The van der Waals surface area contributed by atoms with Crippen LogP contribution in [-0.2, 0) is 16.9 Å². The van der Waals surface area contributed by atoms with Gasteiger partial charge >= 0.3 is 6.03 Å². The lowest BCUT2D eigenvalue weighted by atomic mass is 9.81. The minimum absolute atomic E-state index is 0.192. The monoisotopic (exact) mass is 399 g/mol. The van der Waals surface area contributed by atoms with Gasteiger partial charge in [-0.25, -0.2) is 4.79 Å². The number of urea groups is 1. The molecule has 1 aliphatic heterocycles. The summed E-state index contributed by atoms with van der Waals surface area (Å²) >= 11 is 0. The molecule has 0 spiro atoms. The van der Waals surface area contributed by atoms with Crippen LogP contribution >= 0.6 is 0 Å². The molecule has 3 aromatic rings. The van der Waals surface area contributed by atoms with Crippen LogP contribution in [0.1, 0.15) is 36.5 Å². The Bertz CT molecular complexity index is 967. The zero-order chi connectivity index (χ0) is 21.0. The van der Waals surface area contributed by atoms with Crippen molar-refractivity contribution < 1.29 is 9.59 Å². The number of hydrogen-bond acceptors (Lipinski definition) is 3. The van der Waals surface area contributed by atoms with E-state index in [1.165, 1.54) is 4.90 Å². The second-order valence-corrected chi connectivity index (χ2v) is 7.48. The molecular weight excluding hydrogens is 374 g/mol. The van der Waals surface area contributed by atoms with Gasteiger partial charge in [0, 0.05) is 18.9 Å². The molecule has 1 saturated heterocycles. The first-order chi connectivity index (χ1) is 14.7. The van der Waals surface area contributed by atoms with Crippen molar-refractivity contribution in [3.63, 3.8) is 0 Å². The van der Waals surface area contributed by atoms with Gasteiger partial charge in [-0.3, -0.25) is 19.6 Å². The molecule has 2 aromatic carbocycles. The van der Waals surface area contributed by atoms with Crippen molar-refractivity contribution in [1.29, 1.82) is 0 Å². The van der Waals surface area contributed by atoms with Crippen molar-refractivity contribution in [2.45, 2.75) is 31.8 Å². The number of amides is 3. The highest BCUT2D eigenvalue weighted by Gasteiger charge is 2.59. The average molecular weight is 399 g/mol. The highest BCUT2D eigenvalue weighted by Crippen LogP contribution is 2.44. The molecule has 0 aliphatic carbocycles. The predicted octanol–water partition coefficient (Wildman–Crippen LogP) is 4.59. The molecule has 30 heavy (non-hydrogen) atoms. The zero-order valence-corrected chi connectivity index (χ0v) is 17.1. The third-order valence-corrected chi connectivity index (χ3v) is 5.60. The lowest BCUT2D eigenvalue weighted by molar-refractivity contribution is -0.132. The van der Waals surface area contributed by atoms with Crippen LogP contribution in [0.2, 0.25) is 0 Å². The Hall–Kier alpha value is -3.47. The van der Waals surface area contributed by atoms with E-state index in [9.17, 15) is 9.59 Å². The molecule has 1 fully saturated rings. The van der Waals surface area contributed by atoms with Crippen LogP contribution in [0.5, 0.6) is 0 Å². The summed E-state index contributed by atoms with van der Waals surface area (Å²) in [4.78, 5) is 34.9. The Kier molecular flexibility index (Phi) is 5.61. The van der Waals surface area contributed by atoms with E-state index < -0.39 is 5.54 Å². The molecule has 0 saturated carbocycles. The van der Waals surface area contributed by atoms with Gasteiger partial charge in [0.1, 0.15) is 0 Å². The van der Waals surface area contributed by atoms with Crippen molar-refractivity contribution >= 4 is 11.9 Å². The van der Waals surface area contributed by atoms with E-state index >= 15 is 0 Å². The average Bonchev–Trinajstić information content (AvgIpc) is 3.01. The fraction of sp³-hybridized carbons (Fsp3) is 0.240. The van der Waals surface area contributed by atoms with Gasteiger partial charge in [-0.1, -0.05) is 80.1 Å². The number of hydrogen-bond donors (Lipinski definition) is 0. The van der Waals surface area contributed by atoms with E-state index in [1.807, 2.05) is 72.8 Å². The molecule has 5 nitrogen and oxygen atoms in total. The normalized spacial score (nSPS) is 15.6. The number of imide groups is 1. The van der Waals surface area contributed by atoms with Gasteiger partial charge in [0.15, 0.2) is 5.54 Å². The molecule has 1 aromatic heterocycles. The quantitative estimate of drug-likeness (QED) is 0.546. The van der Waals surface area contributed by atoms with Gasteiger partial charge in [-0.05, 0) is 29.2 Å². The Balaban J connectivity index is 1.93. The number of aromatic nitrogens is 1. The molecule has 2 heterocycles. The van der Waals surface area contributed by atoms with Crippen LogP contribution in [0.3, 0.4) is 0 Å². The van der Waals surface area contributed by atoms with Crippen LogP contribution in [0.25, 0.3) is 0 Å². The molecule has 1 aliphatic rings. The number of unbranched alkanes of at least 4 members (excludes halogenated alkanes) is 1. The van der Waals surface area contributed by atoms with Crippen LogP contribution in [-0.4, -0.2) is 33.3 Å². The van der Waals surface area contributed by atoms with Crippen molar-refractivity contribution in [2.24, 2.45) is 0 Å². The zero-order valence-electron chi connectivity index (χ0n) is 17.1. The second-order valence-electron chi connectivity index (χ2n) is 7.48. The number of carbonyl (C=O) groups is 2. The fourth-order valence-electron chi connectivity index (χ4n) is 4.14. The topological polar surface area (TPSA) is 53.5 Å². The summed E-state index contributed by atoms with van der Waals surface area (Å²) in [6, 6.07) is 22.7. The summed E-state index contributed by atoms with van der Waals surface area (Å²) in [5.41, 5.74) is 1.26. The molecule has 4 rings (SSSR count). The van der Waals surface area contributed by atoms with Crippen molar-refractivity contribution in [3.8, 4) is 0 Å². The molecule has 0 bridgehead atoms. The number of pyridine rings is 1. The Morgan fingerprint density at radius 1 is 0.867 bits per heavy atom. The SMILES string of the molecule is CCCCN1C(=O)N(Cc2cccnc2)C(c2ccccc2)(c2ccccc2)C1=O. The molecule has 152 valence electrons. The summed E-state index contributed by atoms with van der Waals surface area (Å²) in [6.07, 6.45) is 5.13. The Morgan fingerprint density at radius 3 is 2.03 bits per heavy atom. The Labute approximate surface area is 177 Å². The van der Waals surface area contributed by atoms with Gasteiger partial charge in [-0.15, -0.1) is 0 Å². The van der Waals surface area contributed by atoms with E-state index in [2.05, 4.69) is 11.9 Å². The maximum Gasteiger partial charge on any atom is 0.328 e. The van der Waals surface area contributed by atoms with E-state index in [1.54, 1.807) is 17.3 Å². The molecule has 3 amide bonds. The Morgan fingerprint density at radius 2 is 1.50 bits per heavy atom. The van der Waals surface area contributed by atoms with E-state index in [0.717, 1.165) is 29.5 Å². The predicted molar refractivity (Wildman–Crippen MR) is 115 cm³/mol. The maximum absolute atomic E-state index is 14.0. The van der Waals surface area contributed by atoms with Crippen LogP contribution in [0.15, 0.2) is 85.2 Å². The lowest BCUT2D eigenvalue weighted by Crippen LogP contribution is -2.47. The fourth-order valence-corrected chi connectivity index (χ4v) is 4.14. The van der Waals surface area contributed by atoms with Crippen molar-refractivity contribution in [1.82, 2.24) is 14.8 Å². The van der Waals surface area contributed by atoms with Gasteiger partial charge in [-0.2, -0.15) is 0 Å². The van der Waals surface area contributed by atoms with E-state index in [4.69, 9.17) is 0 Å². The largest absolute Gasteiger partial charge is 0.328 e. The van der Waals surface area contributed by atoms with Gasteiger partial charge < -0.3 is 0 Å². The molecule has 0 N–H and O–H groups in total. The van der Waals surface area contributed by atoms with Crippen molar-refractivity contribution in [3.05, 3.63) is 102 Å². The first-order valence-corrected chi connectivity index (χ1v) is 10.3. The van der Waals surface area contributed by atoms with Crippen LogP contribution in [0.4, 0.5) is 4.79 Å². The number of nitrogens with zero attached hydrogens (tertiary/aromatic N) is 3. The number of benzene rings is 2. The van der Waals surface area contributed by atoms with Crippen molar-refractivity contribution in [2.75, 3.05) is 6.54 Å². The molecule has 5 heteroatoms. The maximum atomic E-state index is 14.0. The van der Waals surface area contributed by atoms with Gasteiger partial charge in [0.05, 0.1) is 6.54 Å². The summed E-state index contributed by atoms with van der Waals surface area (Å²) in [6.45, 7) is 2.77. The lowest BCUT2D eigenvalue weighted by Gasteiger charge is -2.36. The van der Waals surface area contributed by atoms with Gasteiger partial charge in [0.2, 0.25) is 0 Å². The summed E-state index contributed by atoms with van der Waals surface area (Å²) < 4.78 is 0.